The van der Waals surface area contributed by atoms with Crippen LogP contribution in [0.25, 0.3) is 0 Å². The minimum absolute atomic E-state index is 0.0453. The Labute approximate surface area is 125 Å². The zero-order valence-electron chi connectivity index (χ0n) is 12.8. The van der Waals surface area contributed by atoms with Crippen LogP contribution in [0.1, 0.15) is 18.9 Å². The summed E-state index contributed by atoms with van der Waals surface area (Å²) in [6.45, 7) is 4.18. The van der Waals surface area contributed by atoms with Gasteiger partial charge in [-0.05, 0) is 12.6 Å². The van der Waals surface area contributed by atoms with Crippen molar-refractivity contribution in [1.82, 2.24) is 10.2 Å². The number of carbonyl (C=O) groups is 1. The molecule has 0 saturated carbocycles. The number of fused-ring (bicyclic) bond motifs is 1. The number of hydrogen-bond acceptors (Lipinski definition) is 5. The van der Waals surface area contributed by atoms with E-state index in [0.29, 0.717) is 25.3 Å². The summed E-state index contributed by atoms with van der Waals surface area (Å²) in [6.07, 6.45) is 0.349. The highest BCUT2D eigenvalue weighted by Gasteiger charge is 2.18. The Balaban J connectivity index is 2.04. The second-order valence-corrected chi connectivity index (χ2v) is 4.98. The maximum absolute atomic E-state index is 11.6. The van der Waals surface area contributed by atoms with Crippen molar-refractivity contribution in [2.24, 2.45) is 0 Å². The fraction of sp³-hybridized carbons (Fsp3) is 0.533. The highest BCUT2D eigenvalue weighted by Crippen LogP contribution is 2.38. The van der Waals surface area contributed by atoms with Crippen molar-refractivity contribution in [3.63, 3.8) is 0 Å². The van der Waals surface area contributed by atoms with Crippen molar-refractivity contribution in [2.75, 3.05) is 34.0 Å². The molecular weight excluding hydrogens is 272 g/mol. The van der Waals surface area contributed by atoms with Gasteiger partial charge in [0.2, 0.25) is 12.7 Å². The molecule has 0 bridgehead atoms. The Bertz CT molecular complexity index is 503. The SMILES string of the molecule is CCNCc1cc2c(cc1OCCC(=O)N(C)C)OCO2. The van der Waals surface area contributed by atoms with Gasteiger partial charge in [0.25, 0.3) is 0 Å². The molecular formula is C15H22N2O4. The molecule has 1 aliphatic rings. The Kier molecular flexibility index (Phi) is 5.27. The van der Waals surface area contributed by atoms with Gasteiger partial charge in [-0.1, -0.05) is 6.92 Å². The molecule has 1 heterocycles. The lowest BCUT2D eigenvalue weighted by Crippen LogP contribution is -2.23. The van der Waals surface area contributed by atoms with Gasteiger partial charge in [0.1, 0.15) is 5.75 Å². The third-order valence-electron chi connectivity index (χ3n) is 3.19. The van der Waals surface area contributed by atoms with Gasteiger partial charge in [0.05, 0.1) is 13.0 Å². The maximum atomic E-state index is 11.6. The van der Waals surface area contributed by atoms with Crippen LogP contribution >= 0.6 is 0 Å². The first-order valence-electron chi connectivity index (χ1n) is 7.08. The van der Waals surface area contributed by atoms with Gasteiger partial charge in [0.15, 0.2) is 11.5 Å². The summed E-state index contributed by atoms with van der Waals surface area (Å²) in [4.78, 5) is 13.1. The quantitative estimate of drug-likeness (QED) is 0.823. The number of rotatable bonds is 7. The van der Waals surface area contributed by atoms with E-state index in [0.717, 1.165) is 23.6 Å². The summed E-state index contributed by atoms with van der Waals surface area (Å²) in [5.41, 5.74) is 0.999. The van der Waals surface area contributed by atoms with Crippen LogP contribution in [0.5, 0.6) is 17.2 Å². The molecule has 0 atom stereocenters. The lowest BCUT2D eigenvalue weighted by atomic mass is 10.1. The van der Waals surface area contributed by atoms with Crippen molar-refractivity contribution in [2.45, 2.75) is 19.9 Å². The van der Waals surface area contributed by atoms with Crippen molar-refractivity contribution in [1.29, 1.82) is 0 Å². The number of carbonyl (C=O) groups excluding carboxylic acids is 1. The molecule has 1 N–H and O–H groups in total. The summed E-state index contributed by atoms with van der Waals surface area (Å²) in [5, 5.41) is 3.26. The second kappa shape index (κ2) is 7.17. The number of amides is 1. The predicted octanol–water partition coefficient (Wildman–Crippen LogP) is 1.38. The van der Waals surface area contributed by atoms with Gasteiger partial charge >= 0.3 is 0 Å². The highest BCUT2D eigenvalue weighted by atomic mass is 16.7. The van der Waals surface area contributed by atoms with Crippen molar-refractivity contribution in [3.8, 4) is 17.2 Å². The lowest BCUT2D eigenvalue weighted by molar-refractivity contribution is -0.129. The molecule has 0 fully saturated rings. The molecule has 0 saturated heterocycles. The molecule has 0 aromatic heterocycles. The zero-order chi connectivity index (χ0) is 15.2. The minimum atomic E-state index is 0.0453. The predicted molar refractivity (Wildman–Crippen MR) is 78.8 cm³/mol. The molecule has 2 rings (SSSR count). The fourth-order valence-electron chi connectivity index (χ4n) is 1.97. The van der Waals surface area contributed by atoms with Crippen LogP contribution in [0.2, 0.25) is 0 Å². The number of hydrogen-bond donors (Lipinski definition) is 1. The van der Waals surface area contributed by atoms with E-state index < -0.39 is 0 Å². The molecule has 0 aliphatic carbocycles. The molecule has 1 aromatic carbocycles. The molecule has 21 heavy (non-hydrogen) atoms. The molecule has 116 valence electrons. The summed E-state index contributed by atoms with van der Waals surface area (Å²) in [7, 11) is 3.47. The third-order valence-corrected chi connectivity index (χ3v) is 3.19. The van der Waals surface area contributed by atoms with E-state index in [-0.39, 0.29) is 12.7 Å². The fourth-order valence-corrected chi connectivity index (χ4v) is 1.97. The van der Waals surface area contributed by atoms with Gasteiger partial charge in [-0.25, -0.2) is 0 Å². The first-order chi connectivity index (χ1) is 10.1. The van der Waals surface area contributed by atoms with Crippen molar-refractivity contribution in [3.05, 3.63) is 17.7 Å². The summed E-state index contributed by atoms with van der Waals surface area (Å²) >= 11 is 0. The topological polar surface area (TPSA) is 60.0 Å². The number of nitrogens with zero attached hydrogens (tertiary/aromatic N) is 1. The van der Waals surface area contributed by atoms with Gasteiger partial charge in [-0.3, -0.25) is 4.79 Å². The van der Waals surface area contributed by atoms with Gasteiger partial charge in [-0.15, -0.1) is 0 Å². The first kappa shape index (κ1) is 15.4. The van der Waals surface area contributed by atoms with Gasteiger partial charge in [-0.2, -0.15) is 0 Å². The molecule has 1 aromatic rings. The van der Waals surface area contributed by atoms with Crippen LogP contribution in [0.15, 0.2) is 12.1 Å². The van der Waals surface area contributed by atoms with E-state index >= 15 is 0 Å². The number of ether oxygens (including phenoxy) is 3. The van der Waals surface area contributed by atoms with E-state index in [9.17, 15) is 4.79 Å². The van der Waals surface area contributed by atoms with E-state index in [1.807, 2.05) is 19.1 Å². The van der Waals surface area contributed by atoms with Crippen LogP contribution in [0.3, 0.4) is 0 Å². The Hall–Kier alpha value is -1.95. The first-order valence-corrected chi connectivity index (χ1v) is 7.08. The minimum Gasteiger partial charge on any atom is -0.493 e. The largest absolute Gasteiger partial charge is 0.493 e. The van der Waals surface area contributed by atoms with E-state index in [1.165, 1.54) is 0 Å². The monoisotopic (exact) mass is 294 g/mol. The van der Waals surface area contributed by atoms with E-state index in [1.54, 1.807) is 19.0 Å². The molecule has 6 nitrogen and oxygen atoms in total. The Morgan fingerprint density at radius 2 is 2.05 bits per heavy atom. The maximum Gasteiger partial charge on any atom is 0.231 e. The molecule has 1 amide bonds. The summed E-state index contributed by atoms with van der Waals surface area (Å²) < 4.78 is 16.5. The molecule has 0 spiro atoms. The highest BCUT2D eigenvalue weighted by molar-refractivity contribution is 5.75. The van der Waals surface area contributed by atoms with E-state index in [2.05, 4.69) is 5.32 Å². The standard InChI is InChI=1S/C15H22N2O4/c1-4-16-9-11-7-13-14(21-10-20-13)8-12(11)19-6-5-15(18)17(2)3/h7-8,16H,4-6,9-10H2,1-3H3. The zero-order valence-corrected chi connectivity index (χ0v) is 12.8. The molecule has 0 unspecified atom stereocenters. The normalized spacial score (nSPS) is 12.3. The Morgan fingerprint density at radius 3 is 2.71 bits per heavy atom. The molecule has 6 heteroatoms. The van der Waals surface area contributed by atoms with Crippen LogP contribution in [0, 0.1) is 0 Å². The molecule has 0 radical (unpaired) electrons. The van der Waals surface area contributed by atoms with Crippen molar-refractivity contribution >= 4 is 5.91 Å². The van der Waals surface area contributed by atoms with Crippen molar-refractivity contribution < 1.29 is 19.0 Å². The van der Waals surface area contributed by atoms with Gasteiger partial charge < -0.3 is 24.4 Å². The van der Waals surface area contributed by atoms with Crippen LogP contribution in [-0.4, -0.2) is 44.8 Å². The lowest BCUT2D eigenvalue weighted by Gasteiger charge is -2.14. The number of nitrogens with one attached hydrogen (secondary N) is 1. The summed E-state index contributed by atoms with van der Waals surface area (Å²) in [6, 6.07) is 3.75. The van der Waals surface area contributed by atoms with Gasteiger partial charge in [0, 0.05) is 32.3 Å². The van der Waals surface area contributed by atoms with E-state index in [4.69, 9.17) is 14.2 Å². The van der Waals surface area contributed by atoms with Crippen LogP contribution in [0.4, 0.5) is 0 Å². The summed E-state index contributed by atoms with van der Waals surface area (Å²) in [5.74, 6) is 2.19. The van der Waals surface area contributed by atoms with Crippen LogP contribution < -0.4 is 19.5 Å². The smallest absolute Gasteiger partial charge is 0.231 e. The second-order valence-electron chi connectivity index (χ2n) is 4.98. The van der Waals surface area contributed by atoms with Crippen LogP contribution in [-0.2, 0) is 11.3 Å². The average molecular weight is 294 g/mol. The number of benzene rings is 1. The third kappa shape index (κ3) is 4.01. The Morgan fingerprint density at radius 1 is 1.33 bits per heavy atom. The molecule has 1 aliphatic heterocycles. The average Bonchev–Trinajstić information content (AvgIpc) is 2.91.